The molecule has 1 fully saturated rings. The monoisotopic (exact) mass is 510 g/mol. The van der Waals surface area contributed by atoms with Crippen molar-refractivity contribution in [1.29, 1.82) is 0 Å². The maximum Gasteiger partial charge on any atom is 0.264 e. The molecule has 5 rings (SSSR count). The molecule has 1 aliphatic rings. The van der Waals surface area contributed by atoms with Gasteiger partial charge in [0.05, 0.1) is 11.9 Å². The summed E-state index contributed by atoms with van der Waals surface area (Å²) in [5, 5.41) is 9.74. The quantitative estimate of drug-likeness (QED) is 0.360. The Morgan fingerprint density at radius 3 is 2.64 bits per heavy atom. The first-order valence-electron chi connectivity index (χ1n) is 11.3. The van der Waals surface area contributed by atoms with Crippen molar-refractivity contribution in [3.63, 3.8) is 0 Å². The normalized spacial score (nSPS) is 14.6. The number of carbonyl (C=O) groups is 1. The predicted molar refractivity (Wildman–Crippen MR) is 131 cm³/mol. The fraction of sp³-hybridized carbons (Fsp3) is 0.250. The van der Waals surface area contributed by atoms with Crippen molar-refractivity contribution < 1.29 is 22.3 Å². The van der Waals surface area contributed by atoms with Crippen molar-refractivity contribution in [2.45, 2.75) is 24.7 Å². The van der Waals surface area contributed by atoms with Gasteiger partial charge < -0.3 is 10.1 Å². The Kier molecular flexibility index (Phi) is 6.37. The van der Waals surface area contributed by atoms with Crippen LogP contribution in [0.1, 0.15) is 18.4 Å². The third-order valence-corrected chi connectivity index (χ3v) is 7.31. The summed E-state index contributed by atoms with van der Waals surface area (Å²) in [5.74, 6) is -0.762. The molecule has 0 unspecified atom stereocenters. The molecular formula is C24H23FN6O4S. The second-order valence-electron chi connectivity index (χ2n) is 8.52. The van der Waals surface area contributed by atoms with Gasteiger partial charge in [-0.1, -0.05) is 18.2 Å². The third kappa shape index (κ3) is 4.90. The lowest BCUT2D eigenvalue weighted by Gasteiger charge is -2.20. The predicted octanol–water partition coefficient (Wildman–Crippen LogP) is 3.63. The minimum Gasteiger partial charge on any atom is -0.381 e. The lowest BCUT2D eigenvalue weighted by atomic mass is 9.99. The van der Waals surface area contributed by atoms with Crippen LogP contribution in [-0.4, -0.2) is 47.7 Å². The van der Waals surface area contributed by atoms with Crippen LogP contribution in [0.15, 0.2) is 53.6 Å². The summed E-state index contributed by atoms with van der Waals surface area (Å²) in [4.78, 5) is 21.0. The Balaban J connectivity index is 1.32. The number of hydrogen-bond donors (Lipinski definition) is 3. The van der Waals surface area contributed by atoms with Gasteiger partial charge in [-0.2, -0.15) is 5.10 Å². The molecular weight excluding hydrogens is 487 g/mol. The highest BCUT2D eigenvalue weighted by molar-refractivity contribution is 7.92. The fourth-order valence-corrected chi connectivity index (χ4v) is 5.16. The largest absolute Gasteiger partial charge is 0.381 e. The van der Waals surface area contributed by atoms with Crippen molar-refractivity contribution in [1.82, 2.24) is 20.2 Å². The van der Waals surface area contributed by atoms with Crippen molar-refractivity contribution in [3.8, 4) is 11.3 Å². The fourth-order valence-electron chi connectivity index (χ4n) is 3.94. The molecule has 2 aromatic heterocycles. The lowest BCUT2D eigenvalue weighted by molar-refractivity contribution is -0.122. The summed E-state index contributed by atoms with van der Waals surface area (Å²) in [7, 11) is -4.10. The Morgan fingerprint density at radius 1 is 1.14 bits per heavy atom. The third-order valence-electron chi connectivity index (χ3n) is 5.91. The number of H-pyrrole nitrogens is 1. The van der Waals surface area contributed by atoms with Crippen LogP contribution in [0.5, 0.6) is 0 Å². The molecule has 3 N–H and O–H groups in total. The zero-order valence-corrected chi connectivity index (χ0v) is 20.1. The number of rotatable bonds is 6. The van der Waals surface area contributed by atoms with Gasteiger partial charge in [0, 0.05) is 30.4 Å². The molecule has 0 aliphatic carbocycles. The number of amides is 1. The molecule has 2 aromatic carbocycles. The molecule has 186 valence electrons. The summed E-state index contributed by atoms with van der Waals surface area (Å²) in [6.45, 7) is 2.81. The van der Waals surface area contributed by atoms with E-state index in [1.807, 2.05) is 0 Å². The summed E-state index contributed by atoms with van der Waals surface area (Å²) < 4.78 is 47.0. The topological polar surface area (TPSA) is 139 Å². The van der Waals surface area contributed by atoms with Gasteiger partial charge in [0.2, 0.25) is 5.91 Å². The number of nitrogens with zero attached hydrogens (tertiary/aromatic N) is 3. The summed E-state index contributed by atoms with van der Waals surface area (Å²) in [6.07, 6.45) is 2.87. The van der Waals surface area contributed by atoms with E-state index < -0.39 is 20.7 Å². The van der Waals surface area contributed by atoms with E-state index in [-0.39, 0.29) is 17.5 Å². The Hall–Kier alpha value is -3.90. The van der Waals surface area contributed by atoms with Gasteiger partial charge in [0.15, 0.2) is 17.0 Å². The molecule has 1 aliphatic heterocycles. The molecule has 0 saturated carbocycles. The molecule has 12 heteroatoms. The minimum absolute atomic E-state index is 0.124. The van der Waals surface area contributed by atoms with E-state index in [0.29, 0.717) is 59.9 Å². The lowest BCUT2D eigenvalue weighted by Crippen LogP contribution is -2.28. The first-order chi connectivity index (χ1) is 17.3. The number of aromatic amines is 1. The molecule has 1 saturated heterocycles. The number of nitrogens with one attached hydrogen (secondary N) is 3. The number of sulfonamides is 1. The van der Waals surface area contributed by atoms with E-state index in [0.717, 1.165) is 6.07 Å². The Morgan fingerprint density at radius 2 is 1.89 bits per heavy atom. The van der Waals surface area contributed by atoms with E-state index >= 15 is 0 Å². The molecule has 4 aromatic rings. The first kappa shape index (κ1) is 23.8. The van der Waals surface area contributed by atoms with E-state index in [1.54, 1.807) is 37.4 Å². The molecule has 1 amide bonds. The number of benzene rings is 2. The molecule has 0 radical (unpaired) electrons. The van der Waals surface area contributed by atoms with Gasteiger partial charge in [-0.05, 0) is 49.6 Å². The summed E-state index contributed by atoms with van der Waals surface area (Å²) in [6, 6.07) is 10.4. The SMILES string of the molecule is Cc1ccc(F)c(S(=O)(=O)Nc2ccc(-c3cnc4c(NC(=O)C5CCOCC5)n[nH]c4n3)cc2)c1. The highest BCUT2D eigenvalue weighted by atomic mass is 32.2. The van der Waals surface area contributed by atoms with Crippen molar-refractivity contribution >= 4 is 38.6 Å². The van der Waals surface area contributed by atoms with Crippen LogP contribution in [0.25, 0.3) is 22.4 Å². The molecule has 0 atom stereocenters. The average Bonchev–Trinajstić information content (AvgIpc) is 3.28. The first-order valence-corrected chi connectivity index (χ1v) is 12.8. The Labute approximate surface area is 206 Å². The molecule has 0 bridgehead atoms. The minimum atomic E-state index is -4.10. The standard InChI is InChI=1S/C24H23FN6O4S/c1-14-2-7-18(25)20(12-14)36(33,34)31-17-5-3-15(4-6-17)19-13-26-21-22(27-19)29-30-23(21)28-24(32)16-8-10-35-11-9-16/h2-7,12-13,16,31H,8-11H2,1H3,(H2,27,28,29,30,32). The van der Waals surface area contributed by atoms with Crippen LogP contribution in [0, 0.1) is 18.7 Å². The molecule has 3 heterocycles. The maximum atomic E-state index is 14.1. The number of aromatic nitrogens is 4. The highest BCUT2D eigenvalue weighted by Gasteiger charge is 2.23. The average molecular weight is 511 g/mol. The van der Waals surface area contributed by atoms with E-state index in [9.17, 15) is 17.6 Å². The van der Waals surface area contributed by atoms with Crippen LogP contribution < -0.4 is 10.0 Å². The number of anilines is 2. The van der Waals surface area contributed by atoms with Crippen LogP contribution in [0.3, 0.4) is 0 Å². The molecule has 36 heavy (non-hydrogen) atoms. The maximum absolute atomic E-state index is 14.1. The van der Waals surface area contributed by atoms with Crippen molar-refractivity contribution in [2.75, 3.05) is 23.3 Å². The van der Waals surface area contributed by atoms with Crippen molar-refractivity contribution in [3.05, 3.63) is 60.0 Å². The molecule has 0 spiro atoms. The number of carbonyl (C=O) groups excluding carboxylic acids is 1. The molecule has 10 nitrogen and oxygen atoms in total. The number of fused-ring (bicyclic) bond motifs is 1. The second-order valence-corrected chi connectivity index (χ2v) is 10.2. The van der Waals surface area contributed by atoms with Gasteiger partial charge in [-0.3, -0.25) is 14.6 Å². The smallest absolute Gasteiger partial charge is 0.264 e. The van der Waals surface area contributed by atoms with Crippen LogP contribution in [-0.2, 0) is 19.6 Å². The van der Waals surface area contributed by atoms with Gasteiger partial charge >= 0.3 is 0 Å². The highest BCUT2D eigenvalue weighted by Crippen LogP contribution is 2.26. The van der Waals surface area contributed by atoms with Gasteiger partial charge in [-0.25, -0.2) is 22.8 Å². The number of aryl methyl sites for hydroxylation is 1. The van der Waals surface area contributed by atoms with Gasteiger partial charge in [0.25, 0.3) is 10.0 Å². The van der Waals surface area contributed by atoms with E-state index in [4.69, 9.17) is 4.74 Å². The van der Waals surface area contributed by atoms with Crippen LogP contribution in [0.4, 0.5) is 15.9 Å². The second kappa shape index (κ2) is 9.63. The zero-order valence-electron chi connectivity index (χ0n) is 19.3. The number of ether oxygens (including phenoxy) is 1. The van der Waals surface area contributed by atoms with Crippen LogP contribution >= 0.6 is 0 Å². The summed E-state index contributed by atoms with van der Waals surface area (Å²) in [5.41, 5.74) is 2.93. The Bertz CT molecular complexity index is 1530. The van der Waals surface area contributed by atoms with E-state index in [2.05, 4.69) is 30.2 Å². The number of hydrogen-bond acceptors (Lipinski definition) is 7. The van der Waals surface area contributed by atoms with Crippen molar-refractivity contribution in [2.24, 2.45) is 5.92 Å². The summed E-state index contributed by atoms with van der Waals surface area (Å²) >= 11 is 0. The van der Waals surface area contributed by atoms with Gasteiger partial charge in [0.1, 0.15) is 10.7 Å². The zero-order chi connectivity index (χ0) is 25.3. The number of halogens is 1. The van der Waals surface area contributed by atoms with Gasteiger partial charge in [-0.15, -0.1) is 0 Å². The van der Waals surface area contributed by atoms with Crippen LogP contribution in [0.2, 0.25) is 0 Å². The van der Waals surface area contributed by atoms with E-state index in [1.165, 1.54) is 12.1 Å².